The average molecular weight is 232 g/mol. The first-order valence-corrected chi connectivity index (χ1v) is 4.35. The average Bonchev–Trinajstić information content (AvgIpc) is 2.19. The van der Waals surface area contributed by atoms with Gasteiger partial charge in [0.15, 0.2) is 0 Å². The van der Waals surface area contributed by atoms with E-state index < -0.39 is 0 Å². The maximum absolute atomic E-state index is 8.33. The number of nitrogens with zero attached hydrogens (tertiary/aromatic N) is 2. The highest BCUT2D eigenvalue weighted by atomic mass is 35.5. The van der Waals surface area contributed by atoms with Gasteiger partial charge in [-0.25, -0.2) is 0 Å². The standard InChI is InChI=1S/C8H7Cl2N3O/c9-6-2-1-5(3-7(6)10)8(13-11)4-12-14/h1-4,14H,11H2/b12-4+,13-8+. The molecule has 0 saturated carbocycles. The molecule has 0 aromatic heterocycles. The van der Waals surface area contributed by atoms with Crippen LogP contribution in [0.5, 0.6) is 0 Å². The second kappa shape index (κ2) is 4.83. The molecule has 4 nitrogen and oxygen atoms in total. The van der Waals surface area contributed by atoms with Gasteiger partial charge in [0.25, 0.3) is 0 Å². The molecule has 0 bridgehead atoms. The van der Waals surface area contributed by atoms with Crippen LogP contribution in [0.4, 0.5) is 0 Å². The molecule has 0 heterocycles. The molecule has 1 aromatic carbocycles. The molecule has 1 aromatic rings. The van der Waals surface area contributed by atoms with Crippen molar-refractivity contribution in [3.8, 4) is 0 Å². The van der Waals surface area contributed by atoms with Crippen molar-refractivity contribution in [3.05, 3.63) is 33.8 Å². The van der Waals surface area contributed by atoms with Crippen molar-refractivity contribution in [2.75, 3.05) is 0 Å². The van der Waals surface area contributed by atoms with Gasteiger partial charge in [-0.3, -0.25) is 0 Å². The largest absolute Gasteiger partial charge is 0.411 e. The fraction of sp³-hybridized carbons (Fsp3) is 0. The van der Waals surface area contributed by atoms with Crippen molar-refractivity contribution in [1.82, 2.24) is 0 Å². The SMILES string of the molecule is N/N=C(\C=N\O)c1ccc(Cl)c(Cl)c1. The van der Waals surface area contributed by atoms with E-state index in [-0.39, 0.29) is 0 Å². The zero-order chi connectivity index (χ0) is 10.6. The highest BCUT2D eigenvalue weighted by Crippen LogP contribution is 2.22. The lowest BCUT2D eigenvalue weighted by Crippen LogP contribution is -2.05. The molecule has 0 unspecified atom stereocenters. The Labute approximate surface area is 90.6 Å². The molecule has 6 heteroatoms. The van der Waals surface area contributed by atoms with Crippen LogP contribution in [-0.2, 0) is 0 Å². The Morgan fingerprint density at radius 1 is 1.36 bits per heavy atom. The molecule has 0 fully saturated rings. The Kier molecular flexibility index (Phi) is 3.73. The molecule has 0 amide bonds. The van der Waals surface area contributed by atoms with Crippen molar-refractivity contribution >= 4 is 35.1 Å². The summed E-state index contributed by atoms with van der Waals surface area (Å²) in [6.45, 7) is 0. The van der Waals surface area contributed by atoms with Crippen LogP contribution in [0.1, 0.15) is 5.56 Å². The van der Waals surface area contributed by atoms with E-state index in [1.54, 1.807) is 18.2 Å². The van der Waals surface area contributed by atoms with Gasteiger partial charge in [0.1, 0.15) is 5.71 Å². The third-order valence-electron chi connectivity index (χ3n) is 1.53. The quantitative estimate of drug-likeness (QED) is 0.354. The number of oxime groups is 1. The van der Waals surface area contributed by atoms with Crippen molar-refractivity contribution in [3.63, 3.8) is 0 Å². The van der Waals surface area contributed by atoms with Crippen LogP contribution in [0.15, 0.2) is 28.5 Å². The van der Waals surface area contributed by atoms with Crippen molar-refractivity contribution in [2.24, 2.45) is 16.1 Å². The van der Waals surface area contributed by atoms with Gasteiger partial charge >= 0.3 is 0 Å². The normalized spacial score (nSPS) is 12.3. The molecule has 14 heavy (non-hydrogen) atoms. The number of hydrazone groups is 1. The molecule has 0 radical (unpaired) electrons. The van der Waals surface area contributed by atoms with Crippen LogP contribution in [0.2, 0.25) is 10.0 Å². The molecule has 0 aliphatic heterocycles. The summed E-state index contributed by atoms with van der Waals surface area (Å²) < 4.78 is 0. The zero-order valence-corrected chi connectivity index (χ0v) is 8.50. The van der Waals surface area contributed by atoms with Gasteiger partial charge in [-0.1, -0.05) is 34.4 Å². The van der Waals surface area contributed by atoms with Crippen molar-refractivity contribution < 1.29 is 5.21 Å². The van der Waals surface area contributed by atoms with E-state index in [2.05, 4.69) is 10.3 Å². The smallest absolute Gasteiger partial charge is 0.112 e. The Morgan fingerprint density at radius 3 is 2.57 bits per heavy atom. The van der Waals surface area contributed by atoms with Gasteiger partial charge in [-0.15, -0.1) is 0 Å². The maximum atomic E-state index is 8.33. The summed E-state index contributed by atoms with van der Waals surface area (Å²) in [4.78, 5) is 0. The van der Waals surface area contributed by atoms with Gasteiger partial charge in [0, 0.05) is 5.56 Å². The Morgan fingerprint density at radius 2 is 2.07 bits per heavy atom. The van der Waals surface area contributed by atoms with E-state index in [0.29, 0.717) is 21.3 Å². The van der Waals surface area contributed by atoms with Gasteiger partial charge < -0.3 is 11.0 Å². The summed E-state index contributed by atoms with van der Waals surface area (Å²) in [5.41, 5.74) is 0.936. The second-order valence-electron chi connectivity index (χ2n) is 2.39. The predicted molar refractivity (Wildman–Crippen MR) is 57.5 cm³/mol. The first kappa shape index (κ1) is 10.8. The van der Waals surface area contributed by atoms with E-state index in [1.165, 1.54) is 0 Å². The molecule has 1 rings (SSSR count). The lowest BCUT2D eigenvalue weighted by molar-refractivity contribution is 0.322. The summed E-state index contributed by atoms with van der Waals surface area (Å²) in [7, 11) is 0. The Bertz CT molecular complexity index is 390. The highest BCUT2D eigenvalue weighted by Gasteiger charge is 2.04. The fourth-order valence-electron chi connectivity index (χ4n) is 0.893. The second-order valence-corrected chi connectivity index (χ2v) is 3.20. The van der Waals surface area contributed by atoms with E-state index in [4.69, 9.17) is 34.3 Å². The number of hydrogen-bond acceptors (Lipinski definition) is 4. The first-order valence-electron chi connectivity index (χ1n) is 3.59. The van der Waals surface area contributed by atoms with E-state index >= 15 is 0 Å². The lowest BCUT2D eigenvalue weighted by Gasteiger charge is -2.00. The van der Waals surface area contributed by atoms with Gasteiger partial charge in [-0.2, -0.15) is 5.10 Å². The number of halogens is 2. The third-order valence-corrected chi connectivity index (χ3v) is 2.27. The van der Waals surface area contributed by atoms with Crippen molar-refractivity contribution in [1.29, 1.82) is 0 Å². The predicted octanol–water partition coefficient (Wildman–Crippen LogP) is 2.12. The highest BCUT2D eigenvalue weighted by molar-refractivity contribution is 6.43. The van der Waals surface area contributed by atoms with Gasteiger partial charge in [0.2, 0.25) is 0 Å². The summed E-state index contributed by atoms with van der Waals surface area (Å²) in [5.74, 6) is 5.09. The van der Waals surface area contributed by atoms with Crippen LogP contribution in [0.3, 0.4) is 0 Å². The number of rotatable bonds is 2. The fourth-order valence-corrected chi connectivity index (χ4v) is 1.19. The van der Waals surface area contributed by atoms with E-state index in [1.807, 2.05) is 0 Å². The minimum absolute atomic E-state index is 0.311. The summed E-state index contributed by atoms with van der Waals surface area (Å²) in [5, 5.41) is 15.4. The van der Waals surface area contributed by atoms with Crippen LogP contribution in [-0.4, -0.2) is 17.1 Å². The topological polar surface area (TPSA) is 71.0 Å². The molecule has 0 spiro atoms. The monoisotopic (exact) mass is 231 g/mol. The van der Waals surface area contributed by atoms with Crippen LogP contribution < -0.4 is 5.84 Å². The molecule has 3 N–H and O–H groups in total. The molecule has 74 valence electrons. The molecule has 0 aliphatic carbocycles. The minimum Gasteiger partial charge on any atom is -0.411 e. The Hall–Kier alpha value is -1.26. The third kappa shape index (κ3) is 2.37. The molecular weight excluding hydrogens is 225 g/mol. The van der Waals surface area contributed by atoms with E-state index in [9.17, 15) is 0 Å². The zero-order valence-electron chi connectivity index (χ0n) is 6.98. The Balaban J connectivity index is 3.13. The van der Waals surface area contributed by atoms with Crippen molar-refractivity contribution in [2.45, 2.75) is 0 Å². The van der Waals surface area contributed by atoms with Gasteiger partial charge in [0.05, 0.1) is 16.3 Å². The minimum atomic E-state index is 0.311. The molecule has 0 atom stereocenters. The molecule has 0 aliphatic rings. The van der Waals surface area contributed by atoms with Crippen LogP contribution in [0.25, 0.3) is 0 Å². The van der Waals surface area contributed by atoms with Gasteiger partial charge in [-0.05, 0) is 12.1 Å². The van der Waals surface area contributed by atoms with Crippen LogP contribution in [0, 0.1) is 0 Å². The van der Waals surface area contributed by atoms with Crippen LogP contribution >= 0.6 is 23.2 Å². The first-order chi connectivity index (χ1) is 6.69. The van der Waals surface area contributed by atoms with E-state index in [0.717, 1.165) is 6.21 Å². The molecule has 0 saturated heterocycles. The number of nitrogens with two attached hydrogens (primary N) is 1. The number of benzene rings is 1. The molecular formula is C8H7Cl2N3O. The summed E-state index contributed by atoms with van der Waals surface area (Å²) in [6.07, 6.45) is 1.11. The lowest BCUT2D eigenvalue weighted by atomic mass is 10.1. The maximum Gasteiger partial charge on any atom is 0.112 e. The summed E-state index contributed by atoms with van der Waals surface area (Å²) in [6, 6.07) is 4.86. The summed E-state index contributed by atoms with van der Waals surface area (Å²) >= 11 is 11.5. The number of hydrogen-bond donors (Lipinski definition) is 2.